The first-order valence-electron chi connectivity index (χ1n) is 11.9. The van der Waals surface area contributed by atoms with Crippen molar-refractivity contribution in [2.24, 2.45) is 5.41 Å². The van der Waals surface area contributed by atoms with E-state index in [1.807, 2.05) is 13.8 Å². The molecule has 2 aromatic carbocycles. The Morgan fingerprint density at radius 1 is 0.949 bits per heavy atom. The molecule has 0 aliphatic carbocycles. The average Bonchev–Trinajstić information content (AvgIpc) is 2.89. The second-order valence-corrected chi connectivity index (χ2v) is 9.58. The number of benzene rings is 2. The van der Waals surface area contributed by atoms with Gasteiger partial charge in [-0.05, 0) is 47.9 Å². The average molecular weight is 542 g/mol. The van der Waals surface area contributed by atoms with Gasteiger partial charge >= 0.3 is 19.3 Å². The van der Waals surface area contributed by atoms with Crippen molar-refractivity contribution in [3.05, 3.63) is 72.1 Å². The Morgan fingerprint density at radius 3 is 2.23 bits per heavy atom. The van der Waals surface area contributed by atoms with E-state index in [0.29, 0.717) is 17.2 Å². The van der Waals surface area contributed by atoms with Crippen LogP contribution in [0, 0.1) is 5.41 Å². The lowest BCUT2D eigenvalue weighted by molar-refractivity contribution is -0.137. The molecule has 2 heterocycles. The summed E-state index contributed by atoms with van der Waals surface area (Å²) in [4.78, 5) is 28.2. The van der Waals surface area contributed by atoms with Crippen molar-refractivity contribution in [3.63, 3.8) is 0 Å². The molecule has 204 valence electrons. The lowest BCUT2D eigenvalue weighted by atomic mass is 9.73. The number of rotatable bonds is 6. The van der Waals surface area contributed by atoms with Gasteiger partial charge in [-0.25, -0.2) is 4.79 Å². The normalized spacial score (nSPS) is 14.9. The lowest BCUT2D eigenvalue weighted by Gasteiger charge is -2.33. The summed E-state index contributed by atoms with van der Waals surface area (Å²) in [7, 11) is 0.340. The Kier molecular flexibility index (Phi) is 8.12. The molecular formula is C26H26BF3N4O5. The third-order valence-electron chi connectivity index (χ3n) is 5.66. The summed E-state index contributed by atoms with van der Waals surface area (Å²) in [5, 5.41) is 7.45. The highest BCUT2D eigenvalue weighted by Gasteiger charge is 2.41. The number of hydrogen-bond acceptors (Lipinski definition) is 6. The standard InChI is InChI=1S/C26H26BF3N4O5/c1-25(2)14-37-27(38-15-25)21-9-6-17(12-20(21)26(28,29)30)34-24(36)33-16-4-7-18(8-5-16)39-19-10-11-32-22(13-19)23(35)31-3/h4-13H,14-15H2,1-3H3,(H,31,35)(H2,33,34,36). The maximum absolute atomic E-state index is 13.8. The molecule has 0 radical (unpaired) electrons. The summed E-state index contributed by atoms with van der Waals surface area (Å²) < 4.78 is 58.2. The predicted molar refractivity (Wildman–Crippen MR) is 139 cm³/mol. The molecule has 1 saturated heterocycles. The Labute approximate surface area is 223 Å². The summed E-state index contributed by atoms with van der Waals surface area (Å²) in [6, 6.07) is 12.0. The van der Waals surface area contributed by atoms with Crippen LogP contribution in [0.3, 0.4) is 0 Å². The molecule has 1 aliphatic rings. The van der Waals surface area contributed by atoms with Crippen LogP contribution < -0.4 is 26.2 Å². The summed E-state index contributed by atoms with van der Waals surface area (Å²) in [5.74, 6) is 0.456. The fraction of sp³-hybridized carbons (Fsp3) is 0.269. The number of nitrogens with one attached hydrogen (secondary N) is 3. The number of anilines is 2. The number of ether oxygens (including phenoxy) is 1. The molecule has 0 unspecified atom stereocenters. The summed E-state index contributed by atoms with van der Waals surface area (Å²) >= 11 is 0. The number of carbonyl (C=O) groups excluding carboxylic acids is 2. The van der Waals surface area contributed by atoms with E-state index in [4.69, 9.17) is 14.0 Å². The van der Waals surface area contributed by atoms with Crippen LogP contribution in [0.5, 0.6) is 11.5 Å². The van der Waals surface area contributed by atoms with Gasteiger partial charge in [0.15, 0.2) is 0 Å². The van der Waals surface area contributed by atoms with Crippen LogP contribution in [0.15, 0.2) is 60.8 Å². The van der Waals surface area contributed by atoms with Crippen molar-refractivity contribution < 1.29 is 36.8 Å². The first kappa shape index (κ1) is 27.9. The second kappa shape index (κ2) is 11.3. The van der Waals surface area contributed by atoms with Crippen LogP contribution in [-0.2, 0) is 15.5 Å². The highest BCUT2D eigenvalue weighted by Crippen LogP contribution is 2.32. The topological polar surface area (TPSA) is 111 Å². The van der Waals surface area contributed by atoms with Crippen molar-refractivity contribution in [3.8, 4) is 11.5 Å². The Hall–Kier alpha value is -4.10. The third kappa shape index (κ3) is 7.27. The van der Waals surface area contributed by atoms with E-state index in [0.717, 1.165) is 6.07 Å². The number of halogens is 3. The first-order chi connectivity index (χ1) is 18.4. The van der Waals surface area contributed by atoms with Gasteiger partial charge in [0.2, 0.25) is 0 Å². The van der Waals surface area contributed by atoms with Crippen LogP contribution in [0.4, 0.5) is 29.3 Å². The molecule has 4 rings (SSSR count). The highest BCUT2D eigenvalue weighted by molar-refractivity contribution is 6.62. The van der Waals surface area contributed by atoms with Gasteiger partial charge in [-0.1, -0.05) is 19.9 Å². The molecule has 3 aromatic rings. The molecule has 0 bridgehead atoms. The van der Waals surface area contributed by atoms with Crippen LogP contribution in [0.1, 0.15) is 29.9 Å². The van der Waals surface area contributed by atoms with E-state index in [-0.39, 0.29) is 41.4 Å². The number of aromatic nitrogens is 1. The van der Waals surface area contributed by atoms with Gasteiger partial charge in [0.05, 0.1) is 5.56 Å². The van der Waals surface area contributed by atoms with Crippen LogP contribution in [-0.4, -0.2) is 44.3 Å². The molecule has 3 amide bonds. The van der Waals surface area contributed by atoms with E-state index in [9.17, 15) is 22.8 Å². The molecule has 1 aliphatic heterocycles. The summed E-state index contributed by atoms with van der Waals surface area (Å²) in [6.45, 7) is 4.29. The smallest absolute Gasteiger partial charge is 0.457 e. The highest BCUT2D eigenvalue weighted by atomic mass is 19.4. The fourth-order valence-electron chi connectivity index (χ4n) is 3.72. The zero-order valence-electron chi connectivity index (χ0n) is 21.4. The third-order valence-corrected chi connectivity index (χ3v) is 5.66. The Morgan fingerprint density at radius 2 is 1.59 bits per heavy atom. The number of amides is 3. The minimum atomic E-state index is -4.69. The minimum Gasteiger partial charge on any atom is -0.457 e. The van der Waals surface area contributed by atoms with Crippen LogP contribution in [0.25, 0.3) is 0 Å². The van der Waals surface area contributed by atoms with Gasteiger partial charge in [0, 0.05) is 49.3 Å². The minimum absolute atomic E-state index is 0.0516. The number of alkyl halides is 3. The second-order valence-electron chi connectivity index (χ2n) is 9.58. The molecule has 0 saturated carbocycles. The maximum Gasteiger partial charge on any atom is 0.494 e. The van der Waals surface area contributed by atoms with Gasteiger partial charge < -0.3 is 30.0 Å². The molecule has 1 fully saturated rings. The van der Waals surface area contributed by atoms with Crippen LogP contribution in [0.2, 0.25) is 0 Å². The number of carbonyl (C=O) groups is 2. The van der Waals surface area contributed by atoms with E-state index < -0.39 is 24.9 Å². The fourth-order valence-corrected chi connectivity index (χ4v) is 3.72. The van der Waals surface area contributed by atoms with Crippen molar-refractivity contribution >= 4 is 35.9 Å². The Balaban J connectivity index is 1.40. The van der Waals surface area contributed by atoms with Crippen LogP contribution >= 0.6 is 0 Å². The van der Waals surface area contributed by atoms with E-state index in [2.05, 4.69) is 20.9 Å². The first-order valence-corrected chi connectivity index (χ1v) is 11.9. The molecular weight excluding hydrogens is 516 g/mol. The quantitative estimate of drug-likeness (QED) is 0.391. The number of pyridine rings is 1. The Bertz CT molecular complexity index is 1340. The summed E-state index contributed by atoms with van der Waals surface area (Å²) in [5.41, 5.74) is -0.897. The molecule has 0 atom stereocenters. The number of nitrogens with zero attached hydrogens (tertiary/aromatic N) is 1. The lowest BCUT2D eigenvalue weighted by Crippen LogP contribution is -2.49. The monoisotopic (exact) mass is 542 g/mol. The molecule has 3 N–H and O–H groups in total. The molecule has 1 aromatic heterocycles. The molecule has 13 heteroatoms. The van der Waals surface area contributed by atoms with Crippen molar-refractivity contribution in [1.82, 2.24) is 10.3 Å². The van der Waals surface area contributed by atoms with Gasteiger partial charge in [-0.15, -0.1) is 0 Å². The largest absolute Gasteiger partial charge is 0.494 e. The molecule has 0 spiro atoms. The van der Waals surface area contributed by atoms with E-state index >= 15 is 0 Å². The zero-order valence-corrected chi connectivity index (χ0v) is 21.4. The van der Waals surface area contributed by atoms with E-state index in [1.165, 1.54) is 31.4 Å². The van der Waals surface area contributed by atoms with E-state index in [1.54, 1.807) is 30.3 Å². The number of hydrogen-bond donors (Lipinski definition) is 3. The molecule has 9 nitrogen and oxygen atoms in total. The zero-order chi connectivity index (χ0) is 28.2. The maximum atomic E-state index is 13.8. The number of urea groups is 1. The van der Waals surface area contributed by atoms with Gasteiger partial charge in [-0.3, -0.25) is 9.78 Å². The SMILES string of the molecule is CNC(=O)c1cc(Oc2ccc(NC(=O)Nc3ccc(B4OCC(C)(C)CO4)c(C(F)(F)F)c3)cc2)ccn1. The molecule has 39 heavy (non-hydrogen) atoms. The summed E-state index contributed by atoms with van der Waals surface area (Å²) in [6.07, 6.45) is -3.25. The van der Waals surface area contributed by atoms with Gasteiger partial charge in [-0.2, -0.15) is 13.2 Å². The van der Waals surface area contributed by atoms with Crippen molar-refractivity contribution in [2.75, 3.05) is 30.9 Å². The predicted octanol–water partition coefficient (Wildman–Crippen LogP) is 4.66. The van der Waals surface area contributed by atoms with Crippen molar-refractivity contribution in [1.29, 1.82) is 0 Å². The van der Waals surface area contributed by atoms with Gasteiger partial charge in [0.1, 0.15) is 17.2 Å². The van der Waals surface area contributed by atoms with Gasteiger partial charge in [0.25, 0.3) is 5.91 Å². The van der Waals surface area contributed by atoms with Crippen molar-refractivity contribution in [2.45, 2.75) is 20.0 Å².